The quantitative estimate of drug-likeness (QED) is 0.652. The zero-order chi connectivity index (χ0) is 11.0. The van der Waals surface area contributed by atoms with Crippen molar-refractivity contribution in [3.63, 3.8) is 0 Å². The Balaban J connectivity index is 3.25. The summed E-state index contributed by atoms with van der Waals surface area (Å²) >= 11 is 9.76. The van der Waals surface area contributed by atoms with Gasteiger partial charge in [-0.1, -0.05) is 0 Å². The molecule has 0 aliphatic rings. The Morgan fingerprint density at radius 2 is 1.64 bits per heavy atom. The van der Waals surface area contributed by atoms with E-state index in [2.05, 4.69) is 0 Å². The van der Waals surface area contributed by atoms with E-state index in [9.17, 15) is 12.8 Å². The van der Waals surface area contributed by atoms with Gasteiger partial charge in [-0.25, -0.2) is 8.42 Å². The number of halogens is 3. The summed E-state index contributed by atoms with van der Waals surface area (Å²) in [7, 11) is -4.38. The van der Waals surface area contributed by atoms with Crippen molar-refractivity contribution in [2.45, 2.75) is 8.81 Å². The van der Waals surface area contributed by atoms with Crippen LogP contribution in [-0.2, 0) is 9.84 Å². The Morgan fingerprint density at radius 3 is 2.00 bits per heavy atom. The lowest BCUT2D eigenvalue weighted by molar-refractivity contribution is 0.469. The van der Waals surface area contributed by atoms with Crippen molar-refractivity contribution >= 4 is 38.7 Å². The Hall–Kier alpha value is -0.520. The van der Waals surface area contributed by atoms with Gasteiger partial charge in [-0.2, -0.15) is 4.39 Å². The van der Waals surface area contributed by atoms with E-state index in [4.69, 9.17) is 28.9 Å². The van der Waals surface area contributed by atoms with Crippen molar-refractivity contribution in [1.29, 1.82) is 0 Å². The number of rotatable bonds is 2. The van der Waals surface area contributed by atoms with E-state index in [1.807, 2.05) is 0 Å². The maximum absolute atomic E-state index is 12.9. The highest BCUT2D eigenvalue weighted by Crippen LogP contribution is 2.35. The van der Waals surface area contributed by atoms with Crippen LogP contribution in [0, 0.1) is 0 Å². The van der Waals surface area contributed by atoms with Gasteiger partial charge < -0.3 is 5.73 Å². The van der Waals surface area contributed by atoms with Crippen LogP contribution in [0.25, 0.3) is 0 Å². The van der Waals surface area contributed by atoms with E-state index in [1.165, 1.54) is 12.1 Å². The molecule has 0 unspecified atom stereocenters. The van der Waals surface area contributed by atoms with E-state index < -0.39 is 13.8 Å². The highest BCUT2D eigenvalue weighted by atomic mass is 35.5. The minimum Gasteiger partial charge on any atom is -0.399 e. The van der Waals surface area contributed by atoms with Gasteiger partial charge in [0.25, 0.3) is 0 Å². The highest BCUT2D eigenvalue weighted by molar-refractivity contribution is 7.95. The fraction of sp³-hybridized carbons (Fsp3) is 0.143. The summed E-state index contributed by atoms with van der Waals surface area (Å²) < 4.78 is 32.1. The van der Waals surface area contributed by atoms with Crippen LogP contribution in [0.15, 0.2) is 29.2 Å². The van der Waals surface area contributed by atoms with Crippen LogP contribution < -0.4 is 5.73 Å². The molecule has 0 spiro atoms. The van der Waals surface area contributed by atoms with Gasteiger partial charge in [0.15, 0.2) is 0 Å². The zero-order valence-corrected chi connectivity index (χ0v) is 9.07. The second-order valence-electron chi connectivity index (χ2n) is 2.52. The van der Waals surface area contributed by atoms with E-state index in [0.29, 0.717) is 5.69 Å². The summed E-state index contributed by atoms with van der Waals surface area (Å²) in [5.74, 6) is 0. The monoisotopic (exact) mass is 257 g/mol. The third kappa shape index (κ3) is 2.10. The van der Waals surface area contributed by atoms with Crippen molar-refractivity contribution in [3.8, 4) is 0 Å². The topological polar surface area (TPSA) is 60.2 Å². The Morgan fingerprint density at radius 1 is 1.21 bits per heavy atom. The third-order valence-electron chi connectivity index (χ3n) is 1.50. The van der Waals surface area contributed by atoms with Crippen molar-refractivity contribution < 1.29 is 12.8 Å². The summed E-state index contributed by atoms with van der Waals surface area (Å²) in [6.07, 6.45) is 0. The van der Waals surface area contributed by atoms with Gasteiger partial charge >= 0.3 is 3.92 Å². The first-order valence-corrected chi connectivity index (χ1v) is 5.66. The highest BCUT2D eigenvalue weighted by Gasteiger charge is 2.41. The molecule has 78 valence electrons. The molecule has 0 fully saturated rings. The minimum atomic E-state index is -4.38. The number of alkyl halides is 3. The number of nitrogen functional groups attached to an aromatic ring is 1. The first-order chi connectivity index (χ1) is 6.25. The first-order valence-electron chi connectivity index (χ1n) is 3.42. The maximum Gasteiger partial charge on any atom is 0.362 e. The number of anilines is 1. The molecule has 0 atom stereocenters. The van der Waals surface area contributed by atoms with Crippen LogP contribution >= 0.6 is 23.2 Å². The molecule has 0 saturated heterocycles. The van der Waals surface area contributed by atoms with Crippen LogP contribution in [0.2, 0.25) is 0 Å². The van der Waals surface area contributed by atoms with Gasteiger partial charge in [-0.05, 0) is 47.5 Å². The summed E-state index contributed by atoms with van der Waals surface area (Å²) in [6.45, 7) is 0. The van der Waals surface area contributed by atoms with E-state index in [-0.39, 0.29) is 4.90 Å². The summed E-state index contributed by atoms with van der Waals surface area (Å²) in [6, 6.07) is 4.88. The molecule has 0 aliphatic carbocycles. The average Bonchev–Trinajstić information content (AvgIpc) is 2.03. The van der Waals surface area contributed by atoms with Gasteiger partial charge in [0.05, 0.1) is 4.90 Å². The molecule has 0 radical (unpaired) electrons. The smallest absolute Gasteiger partial charge is 0.362 e. The molecule has 14 heavy (non-hydrogen) atoms. The van der Waals surface area contributed by atoms with E-state index in [0.717, 1.165) is 12.1 Å². The number of hydrogen-bond acceptors (Lipinski definition) is 3. The number of hydrogen-bond donors (Lipinski definition) is 1. The molecule has 0 aromatic heterocycles. The van der Waals surface area contributed by atoms with Crippen LogP contribution in [-0.4, -0.2) is 12.3 Å². The number of benzene rings is 1. The van der Waals surface area contributed by atoms with Gasteiger partial charge in [0, 0.05) is 5.69 Å². The molecular weight excluding hydrogens is 252 g/mol. The van der Waals surface area contributed by atoms with E-state index >= 15 is 0 Å². The Bertz CT molecular complexity index is 424. The van der Waals surface area contributed by atoms with Crippen molar-refractivity contribution in [2.24, 2.45) is 0 Å². The second-order valence-corrected chi connectivity index (χ2v) is 6.24. The van der Waals surface area contributed by atoms with Crippen molar-refractivity contribution in [2.75, 3.05) is 5.73 Å². The van der Waals surface area contributed by atoms with Crippen molar-refractivity contribution in [3.05, 3.63) is 24.3 Å². The van der Waals surface area contributed by atoms with Gasteiger partial charge in [-0.3, -0.25) is 0 Å². The maximum atomic E-state index is 12.9. The first kappa shape index (κ1) is 11.6. The molecule has 1 aromatic carbocycles. The van der Waals surface area contributed by atoms with Gasteiger partial charge in [0.1, 0.15) is 0 Å². The lowest BCUT2D eigenvalue weighted by atomic mass is 10.3. The van der Waals surface area contributed by atoms with Crippen molar-refractivity contribution in [1.82, 2.24) is 0 Å². The van der Waals surface area contributed by atoms with Crippen LogP contribution in [0.3, 0.4) is 0 Å². The molecule has 2 N–H and O–H groups in total. The fourth-order valence-corrected chi connectivity index (χ4v) is 2.08. The molecule has 1 aromatic rings. The Kier molecular flexibility index (Phi) is 2.94. The van der Waals surface area contributed by atoms with E-state index in [1.54, 1.807) is 0 Å². The standard InChI is InChI=1S/C7H6Cl2FNO2S/c8-7(9,10)14(12,13)6-3-1-5(11)2-4-6/h1-4H,11H2. The molecule has 3 nitrogen and oxygen atoms in total. The fourth-order valence-electron chi connectivity index (χ4n) is 0.781. The van der Waals surface area contributed by atoms with Crippen LogP contribution in [0.4, 0.5) is 10.1 Å². The van der Waals surface area contributed by atoms with Gasteiger partial charge in [-0.15, -0.1) is 0 Å². The molecule has 0 heterocycles. The summed E-state index contributed by atoms with van der Waals surface area (Å²) in [5.41, 5.74) is 5.68. The Labute approximate surface area is 90.5 Å². The number of sulfone groups is 1. The molecular formula is C7H6Cl2FNO2S. The lowest BCUT2D eigenvalue weighted by Gasteiger charge is -2.10. The third-order valence-corrected chi connectivity index (χ3v) is 4.22. The van der Waals surface area contributed by atoms with Gasteiger partial charge in [0.2, 0.25) is 9.84 Å². The largest absolute Gasteiger partial charge is 0.399 e. The molecule has 0 saturated carbocycles. The zero-order valence-electron chi connectivity index (χ0n) is 6.75. The summed E-state index contributed by atoms with van der Waals surface area (Å²) in [5, 5.41) is 0. The summed E-state index contributed by atoms with van der Waals surface area (Å²) in [4.78, 5) is -0.320. The molecule has 7 heteroatoms. The SMILES string of the molecule is Nc1ccc(S(=O)(=O)C(F)(Cl)Cl)cc1. The molecule has 0 bridgehead atoms. The van der Waals surface area contributed by atoms with Crippen LogP contribution in [0.1, 0.15) is 0 Å². The lowest BCUT2D eigenvalue weighted by Crippen LogP contribution is -2.20. The molecule has 0 amide bonds. The van der Waals surface area contributed by atoms with Crippen LogP contribution in [0.5, 0.6) is 0 Å². The number of nitrogens with two attached hydrogens (primary N) is 1. The predicted molar refractivity (Wildman–Crippen MR) is 53.6 cm³/mol. The predicted octanol–water partition coefficient (Wildman–Crippen LogP) is 2.10. The normalized spacial score (nSPS) is 12.8. The molecule has 0 aliphatic heterocycles. The molecule has 1 rings (SSSR count). The second kappa shape index (κ2) is 3.56. The average molecular weight is 258 g/mol. The minimum absolute atomic E-state index is 0.320.